The molecule has 0 aromatic carbocycles. The third-order valence-corrected chi connectivity index (χ3v) is 5.10. The molecule has 1 aliphatic rings. The highest BCUT2D eigenvalue weighted by Crippen LogP contribution is 2.20. The van der Waals surface area contributed by atoms with Gasteiger partial charge in [0, 0.05) is 30.6 Å². The van der Waals surface area contributed by atoms with E-state index in [-0.39, 0.29) is 5.78 Å². The lowest BCUT2D eigenvalue weighted by molar-refractivity contribution is -0.146. The Kier molecular flexibility index (Phi) is 6.60. The van der Waals surface area contributed by atoms with Crippen molar-refractivity contribution in [3.8, 4) is 0 Å². The number of nitrogens with zero attached hydrogens (tertiary/aromatic N) is 2. The summed E-state index contributed by atoms with van der Waals surface area (Å²) in [6.07, 6.45) is 0.403. The first-order valence-electron chi connectivity index (χ1n) is 9.13. The van der Waals surface area contributed by atoms with Crippen LogP contribution >= 0.6 is 0 Å². The number of esters is 1. The highest BCUT2D eigenvalue weighted by Gasteiger charge is 2.47. The predicted octanol–water partition coefficient (Wildman–Crippen LogP) is 1.20. The summed E-state index contributed by atoms with van der Waals surface area (Å²) in [4.78, 5) is 49.5. The summed E-state index contributed by atoms with van der Waals surface area (Å²) in [5, 5.41) is 2.56. The number of ketones is 1. The minimum absolute atomic E-state index is 0.347. The van der Waals surface area contributed by atoms with Crippen LogP contribution < -0.4 is 5.32 Å². The van der Waals surface area contributed by atoms with Crippen LogP contribution in [0.2, 0.25) is 0 Å². The molecule has 1 N–H and O–H groups in total. The number of amides is 3. The zero-order chi connectivity index (χ0) is 21.1. The van der Waals surface area contributed by atoms with Gasteiger partial charge in [0.05, 0.1) is 6.61 Å². The number of nitrogens with one attached hydrogen (secondary N) is 1. The first-order chi connectivity index (χ1) is 13.1. The van der Waals surface area contributed by atoms with Gasteiger partial charge in [-0.15, -0.1) is 0 Å². The molecule has 9 heteroatoms. The fourth-order valence-electron chi connectivity index (χ4n) is 3.14. The van der Waals surface area contributed by atoms with Crippen molar-refractivity contribution in [3.63, 3.8) is 0 Å². The summed E-state index contributed by atoms with van der Waals surface area (Å²) in [7, 11) is 1.61. The number of carbonyl (C=O) groups excluding carboxylic acids is 4. The van der Waals surface area contributed by atoms with Crippen LogP contribution in [0, 0.1) is 13.8 Å². The highest BCUT2D eigenvalue weighted by molar-refractivity contribution is 6.08. The fourth-order valence-corrected chi connectivity index (χ4v) is 3.14. The summed E-state index contributed by atoms with van der Waals surface area (Å²) >= 11 is 0. The smallest absolute Gasteiger partial charge is 0.326 e. The average molecular weight is 393 g/mol. The molecule has 1 aromatic heterocycles. The van der Waals surface area contributed by atoms with E-state index < -0.39 is 36.6 Å². The summed E-state index contributed by atoms with van der Waals surface area (Å²) in [6, 6.07) is 1.10. The topological polar surface area (TPSA) is 107 Å². The highest BCUT2D eigenvalue weighted by atomic mass is 16.5. The van der Waals surface area contributed by atoms with Crippen molar-refractivity contribution < 1.29 is 28.7 Å². The molecule has 9 nitrogen and oxygen atoms in total. The van der Waals surface area contributed by atoms with Crippen LogP contribution in [0.25, 0.3) is 0 Å². The number of hydrogen-bond acceptors (Lipinski definition) is 6. The molecule has 0 saturated carbocycles. The molecule has 3 amide bonds. The number of hydrogen-bond donors (Lipinski definition) is 1. The van der Waals surface area contributed by atoms with Crippen LogP contribution in [0.4, 0.5) is 4.79 Å². The van der Waals surface area contributed by atoms with Gasteiger partial charge >= 0.3 is 12.0 Å². The molecule has 2 rings (SSSR count). The van der Waals surface area contributed by atoms with Crippen molar-refractivity contribution in [1.82, 2.24) is 14.8 Å². The zero-order valence-corrected chi connectivity index (χ0v) is 17.0. The Morgan fingerprint density at radius 3 is 2.50 bits per heavy atom. The standard InChI is InChI=1S/C19H27N3O6/c1-6-19(4)17(25)22(18(26)20-19)10-16(24)28-11-15(23)14-9-12(2)21(13(14)3)7-8-27-5/h9H,6-8,10-11H2,1-5H3,(H,20,26)/t19-/m1/s1. The van der Waals surface area contributed by atoms with Crippen LogP contribution in [-0.2, 0) is 25.6 Å². The largest absolute Gasteiger partial charge is 0.456 e. The Morgan fingerprint density at radius 1 is 1.25 bits per heavy atom. The van der Waals surface area contributed by atoms with E-state index in [0.29, 0.717) is 25.1 Å². The van der Waals surface area contributed by atoms with E-state index in [0.717, 1.165) is 16.3 Å². The molecular formula is C19H27N3O6. The van der Waals surface area contributed by atoms with Gasteiger partial charge in [-0.1, -0.05) is 6.92 Å². The molecule has 0 spiro atoms. The van der Waals surface area contributed by atoms with E-state index in [1.54, 1.807) is 27.0 Å². The van der Waals surface area contributed by atoms with Gasteiger partial charge in [-0.3, -0.25) is 19.3 Å². The van der Waals surface area contributed by atoms with Crippen molar-refractivity contribution in [2.24, 2.45) is 0 Å². The lowest BCUT2D eigenvalue weighted by atomic mass is 9.99. The molecule has 2 heterocycles. The van der Waals surface area contributed by atoms with E-state index in [2.05, 4.69) is 5.32 Å². The zero-order valence-electron chi connectivity index (χ0n) is 17.0. The SMILES string of the molecule is CC[C@@]1(C)NC(=O)N(CC(=O)OCC(=O)c2cc(C)n(CCOC)c2C)C1=O. The van der Waals surface area contributed by atoms with Gasteiger partial charge in [-0.2, -0.15) is 0 Å². The summed E-state index contributed by atoms with van der Waals surface area (Å²) in [6.45, 7) is 7.21. The molecule has 0 bridgehead atoms. The van der Waals surface area contributed by atoms with E-state index in [9.17, 15) is 19.2 Å². The van der Waals surface area contributed by atoms with Gasteiger partial charge in [-0.05, 0) is 33.3 Å². The molecule has 1 atom stereocenters. The molecule has 154 valence electrons. The molecule has 0 aliphatic carbocycles. The average Bonchev–Trinajstić information content (AvgIpc) is 3.06. The Balaban J connectivity index is 1.96. The Bertz CT molecular complexity index is 800. The molecule has 1 aliphatic heterocycles. The maximum Gasteiger partial charge on any atom is 0.326 e. The van der Waals surface area contributed by atoms with Gasteiger partial charge < -0.3 is 19.4 Å². The number of urea groups is 1. The number of carbonyl (C=O) groups is 4. The third-order valence-electron chi connectivity index (χ3n) is 5.10. The number of ether oxygens (including phenoxy) is 2. The molecule has 0 unspecified atom stereocenters. The van der Waals surface area contributed by atoms with E-state index in [1.807, 2.05) is 18.4 Å². The monoisotopic (exact) mass is 393 g/mol. The Labute approximate surface area is 164 Å². The van der Waals surface area contributed by atoms with Gasteiger partial charge in [0.25, 0.3) is 5.91 Å². The van der Waals surface area contributed by atoms with Crippen LogP contribution in [0.15, 0.2) is 6.07 Å². The summed E-state index contributed by atoms with van der Waals surface area (Å²) in [5.41, 5.74) is 1.12. The maximum absolute atomic E-state index is 12.4. The summed E-state index contributed by atoms with van der Waals surface area (Å²) < 4.78 is 12.0. The lowest BCUT2D eigenvalue weighted by Crippen LogP contribution is -2.43. The Hall–Kier alpha value is -2.68. The van der Waals surface area contributed by atoms with E-state index in [1.165, 1.54) is 0 Å². The minimum atomic E-state index is -1.02. The maximum atomic E-state index is 12.4. The van der Waals surface area contributed by atoms with Crippen LogP contribution in [0.3, 0.4) is 0 Å². The molecule has 28 heavy (non-hydrogen) atoms. The summed E-state index contributed by atoms with van der Waals surface area (Å²) in [5.74, 6) is -1.64. The number of aromatic nitrogens is 1. The van der Waals surface area contributed by atoms with Gasteiger partial charge in [0.15, 0.2) is 6.61 Å². The lowest BCUT2D eigenvalue weighted by Gasteiger charge is -2.18. The van der Waals surface area contributed by atoms with Crippen LogP contribution in [0.5, 0.6) is 0 Å². The van der Waals surface area contributed by atoms with Gasteiger partial charge in [0.2, 0.25) is 5.78 Å². The number of aryl methyl sites for hydroxylation is 1. The molecule has 1 fully saturated rings. The number of rotatable bonds is 9. The molecule has 1 aromatic rings. The first-order valence-corrected chi connectivity index (χ1v) is 9.13. The van der Waals surface area contributed by atoms with Crippen molar-refractivity contribution in [1.29, 1.82) is 0 Å². The van der Waals surface area contributed by atoms with E-state index >= 15 is 0 Å². The van der Waals surface area contributed by atoms with Crippen LogP contribution in [-0.4, -0.2) is 65.6 Å². The Morgan fingerprint density at radius 2 is 1.93 bits per heavy atom. The molecule has 0 radical (unpaired) electrons. The van der Waals surface area contributed by atoms with Crippen molar-refractivity contribution >= 4 is 23.7 Å². The normalized spacial score (nSPS) is 19.1. The van der Waals surface area contributed by atoms with Crippen LogP contribution in [0.1, 0.15) is 42.0 Å². The predicted molar refractivity (Wildman–Crippen MR) is 100 cm³/mol. The van der Waals surface area contributed by atoms with Gasteiger partial charge in [-0.25, -0.2) is 4.79 Å². The second-order valence-corrected chi connectivity index (χ2v) is 7.02. The van der Waals surface area contributed by atoms with Crippen molar-refractivity contribution in [2.45, 2.75) is 46.2 Å². The number of methoxy groups -OCH3 is 1. The first kappa shape index (κ1) is 21.6. The quantitative estimate of drug-likeness (QED) is 0.384. The number of imide groups is 1. The minimum Gasteiger partial charge on any atom is -0.456 e. The second kappa shape index (κ2) is 8.55. The third kappa shape index (κ3) is 4.24. The molecular weight excluding hydrogens is 366 g/mol. The van der Waals surface area contributed by atoms with Gasteiger partial charge in [0.1, 0.15) is 12.1 Å². The number of Topliss-reactive ketones (excluding diaryl/α,β-unsaturated/α-hetero) is 1. The van der Waals surface area contributed by atoms with E-state index in [4.69, 9.17) is 9.47 Å². The molecule has 1 saturated heterocycles. The fraction of sp³-hybridized carbons (Fsp3) is 0.579. The van der Waals surface area contributed by atoms with Crippen molar-refractivity contribution in [3.05, 3.63) is 23.0 Å². The second-order valence-electron chi connectivity index (χ2n) is 7.02. The van der Waals surface area contributed by atoms with Crippen molar-refractivity contribution in [2.75, 3.05) is 26.9 Å².